The van der Waals surface area contributed by atoms with Crippen LogP contribution in [0.2, 0.25) is 0 Å². The van der Waals surface area contributed by atoms with Crippen LogP contribution in [-0.2, 0) is 9.53 Å². The van der Waals surface area contributed by atoms with Crippen molar-refractivity contribution < 1.29 is 19.1 Å². The normalized spacial score (nSPS) is 17.8. The van der Waals surface area contributed by atoms with Crippen LogP contribution in [0.15, 0.2) is 24.3 Å². The highest BCUT2D eigenvalue weighted by molar-refractivity contribution is 5.94. The first kappa shape index (κ1) is 14.5. The van der Waals surface area contributed by atoms with Gasteiger partial charge in [-0.3, -0.25) is 9.59 Å². The molecule has 20 heavy (non-hydrogen) atoms. The highest BCUT2D eigenvalue weighted by Crippen LogP contribution is 2.15. The van der Waals surface area contributed by atoms with Gasteiger partial charge in [-0.05, 0) is 31.0 Å². The Morgan fingerprint density at radius 1 is 1.45 bits per heavy atom. The Kier molecular flexibility index (Phi) is 5.12. The molecule has 1 aliphatic rings. The number of ether oxygens (including phenoxy) is 2. The third-order valence-corrected chi connectivity index (χ3v) is 3.13. The van der Waals surface area contributed by atoms with Gasteiger partial charge in [0.05, 0.1) is 6.10 Å². The second-order valence-corrected chi connectivity index (χ2v) is 4.70. The molecule has 1 unspecified atom stereocenters. The molecule has 1 saturated heterocycles. The molecule has 1 aromatic carbocycles. The van der Waals surface area contributed by atoms with Gasteiger partial charge in [0.15, 0.2) is 0 Å². The van der Waals surface area contributed by atoms with E-state index in [-0.39, 0.29) is 18.0 Å². The fourth-order valence-corrected chi connectivity index (χ4v) is 2.02. The van der Waals surface area contributed by atoms with E-state index in [0.717, 1.165) is 19.4 Å². The molecule has 2 rings (SSSR count). The van der Waals surface area contributed by atoms with E-state index in [2.05, 4.69) is 5.32 Å². The Morgan fingerprint density at radius 3 is 3.00 bits per heavy atom. The third-order valence-electron chi connectivity index (χ3n) is 3.13. The minimum Gasteiger partial charge on any atom is -0.427 e. The highest BCUT2D eigenvalue weighted by Gasteiger charge is 2.16. The van der Waals surface area contributed by atoms with Gasteiger partial charge in [0, 0.05) is 25.1 Å². The molecule has 1 atom stereocenters. The lowest BCUT2D eigenvalue weighted by Gasteiger charge is -2.11. The molecule has 1 heterocycles. The molecule has 1 N–H and O–H groups in total. The molecule has 0 saturated carbocycles. The fraction of sp³-hybridized carbons (Fsp3) is 0.467. The van der Waals surface area contributed by atoms with Crippen LogP contribution < -0.4 is 10.1 Å². The minimum absolute atomic E-state index is 0.111. The Bertz CT molecular complexity index is 481. The molecule has 1 aliphatic heterocycles. The molecular formula is C15H19NO4. The van der Waals surface area contributed by atoms with Crippen molar-refractivity contribution in [1.82, 2.24) is 5.32 Å². The summed E-state index contributed by atoms with van der Waals surface area (Å²) in [6, 6.07) is 6.61. The van der Waals surface area contributed by atoms with Gasteiger partial charge in [-0.2, -0.15) is 0 Å². The maximum absolute atomic E-state index is 12.0. The number of nitrogens with one attached hydrogen (secondary N) is 1. The molecule has 0 spiro atoms. The summed E-state index contributed by atoms with van der Waals surface area (Å²) in [5.41, 5.74) is 0.476. The van der Waals surface area contributed by atoms with Crippen LogP contribution in [0.5, 0.6) is 5.75 Å². The predicted molar refractivity (Wildman–Crippen MR) is 73.7 cm³/mol. The number of carbonyl (C=O) groups excluding carboxylic acids is 2. The third kappa shape index (κ3) is 4.06. The SMILES string of the molecule is CCC(=O)Oc1cccc(C(=O)NCC2CCCO2)c1. The summed E-state index contributed by atoms with van der Waals surface area (Å²) in [7, 11) is 0. The highest BCUT2D eigenvalue weighted by atomic mass is 16.5. The van der Waals surface area contributed by atoms with E-state index in [4.69, 9.17) is 9.47 Å². The summed E-state index contributed by atoms with van der Waals surface area (Å²) >= 11 is 0. The Hall–Kier alpha value is -1.88. The van der Waals surface area contributed by atoms with Gasteiger partial charge in [0.2, 0.25) is 0 Å². The van der Waals surface area contributed by atoms with E-state index in [0.29, 0.717) is 24.3 Å². The summed E-state index contributed by atoms with van der Waals surface area (Å²) < 4.78 is 10.5. The van der Waals surface area contributed by atoms with Crippen molar-refractivity contribution in [2.45, 2.75) is 32.3 Å². The maximum atomic E-state index is 12.0. The summed E-state index contributed by atoms with van der Waals surface area (Å²) in [5, 5.41) is 2.83. The van der Waals surface area contributed by atoms with Crippen molar-refractivity contribution in [3.8, 4) is 5.75 Å². The van der Waals surface area contributed by atoms with Crippen LogP contribution in [0.4, 0.5) is 0 Å². The zero-order valence-corrected chi connectivity index (χ0v) is 11.6. The van der Waals surface area contributed by atoms with E-state index in [1.807, 2.05) is 0 Å². The number of hydrogen-bond acceptors (Lipinski definition) is 4. The van der Waals surface area contributed by atoms with E-state index < -0.39 is 0 Å². The molecule has 5 nitrogen and oxygen atoms in total. The van der Waals surface area contributed by atoms with Crippen molar-refractivity contribution in [3.63, 3.8) is 0 Å². The quantitative estimate of drug-likeness (QED) is 0.659. The molecular weight excluding hydrogens is 258 g/mol. The standard InChI is InChI=1S/C15H19NO4/c1-2-14(17)20-12-6-3-5-11(9-12)15(18)16-10-13-7-4-8-19-13/h3,5-6,9,13H,2,4,7-8,10H2,1H3,(H,16,18). The largest absolute Gasteiger partial charge is 0.427 e. The second-order valence-electron chi connectivity index (χ2n) is 4.70. The first-order chi connectivity index (χ1) is 9.69. The number of amides is 1. The number of rotatable bonds is 5. The molecule has 0 aromatic heterocycles. The summed E-state index contributed by atoms with van der Waals surface area (Å²) in [6.07, 6.45) is 2.44. The van der Waals surface area contributed by atoms with Crippen molar-refractivity contribution in [3.05, 3.63) is 29.8 Å². The van der Waals surface area contributed by atoms with Crippen LogP contribution in [0.1, 0.15) is 36.5 Å². The predicted octanol–water partition coefficient (Wildman–Crippen LogP) is 1.91. The summed E-state index contributed by atoms with van der Waals surface area (Å²) in [6.45, 7) is 3.00. The van der Waals surface area contributed by atoms with Gasteiger partial charge in [-0.1, -0.05) is 13.0 Å². The molecule has 1 aromatic rings. The van der Waals surface area contributed by atoms with Crippen molar-refractivity contribution in [2.75, 3.05) is 13.2 Å². The Morgan fingerprint density at radius 2 is 2.30 bits per heavy atom. The van der Waals surface area contributed by atoms with Crippen LogP contribution in [0.25, 0.3) is 0 Å². The van der Waals surface area contributed by atoms with Gasteiger partial charge in [-0.25, -0.2) is 0 Å². The van der Waals surface area contributed by atoms with E-state index in [1.54, 1.807) is 31.2 Å². The minimum atomic E-state index is -0.318. The van der Waals surface area contributed by atoms with E-state index >= 15 is 0 Å². The monoisotopic (exact) mass is 277 g/mol. The summed E-state index contributed by atoms with van der Waals surface area (Å²) in [4.78, 5) is 23.2. The second kappa shape index (κ2) is 7.05. The molecule has 1 amide bonds. The van der Waals surface area contributed by atoms with Gasteiger partial charge in [0.25, 0.3) is 5.91 Å². The average Bonchev–Trinajstić information content (AvgIpc) is 2.98. The van der Waals surface area contributed by atoms with Gasteiger partial charge >= 0.3 is 5.97 Å². The first-order valence-electron chi connectivity index (χ1n) is 6.89. The molecule has 0 radical (unpaired) electrons. The lowest BCUT2D eigenvalue weighted by molar-refractivity contribution is -0.134. The van der Waals surface area contributed by atoms with E-state index in [1.165, 1.54) is 0 Å². The summed E-state index contributed by atoms with van der Waals surface area (Å²) in [5.74, 6) is -0.113. The zero-order chi connectivity index (χ0) is 14.4. The Labute approximate surface area is 118 Å². The van der Waals surface area contributed by atoms with Crippen molar-refractivity contribution >= 4 is 11.9 Å². The van der Waals surface area contributed by atoms with E-state index in [9.17, 15) is 9.59 Å². The number of hydrogen-bond donors (Lipinski definition) is 1. The van der Waals surface area contributed by atoms with Gasteiger partial charge in [-0.15, -0.1) is 0 Å². The van der Waals surface area contributed by atoms with Crippen LogP contribution in [0, 0.1) is 0 Å². The Balaban J connectivity index is 1.91. The number of benzene rings is 1. The average molecular weight is 277 g/mol. The lowest BCUT2D eigenvalue weighted by atomic mass is 10.2. The maximum Gasteiger partial charge on any atom is 0.310 e. The van der Waals surface area contributed by atoms with Crippen molar-refractivity contribution in [2.24, 2.45) is 0 Å². The fourth-order valence-electron chi connectivity index (χ4n) is 2.02. The molecule has 0 bridgehead atoms. The van der Waals surface area contributed by atoms with Crippen LogP contribution in [-0.4, -0.2) is 31.1 Å². The van der Waals surface area contributed by atoms with Crippen molar-refractivity contribution in [1.29, 1.82) is 0 Å². The first-order valence-corrected chi connectivity index (χ1v) is 6.89. The van der Waals surface area contributed by atoms with Gasteiger partial charge in [0.1, 0.15) is 5.75 Å². The molecule has 1 fully saturated rings. The molecule has 108 valence electrons. The van der Waals surface area contributed by atoms with Crippen LogP contribution >= 0.6 is 0 Å². The number of esters is 1. The molecule has 0 aliphatic carbocycles. The zero-order valence-electron chi connectivity index (χ0n) is 11.6. The lowest BCUT2D eigenvalue weighted by Crippen LogP contribution is -2.31. The van der Waals surface area contributed by atoms with Crippen LogP contribution in [0.3, 0.4) is 0 Å². The smallest absolute Gasteiger partial charge is 0.310 e. The number of carbonyl (C=O) groups is 2. The molecule has 5 heteroatoms. The topological polar surface area (TPSA) is 64.6 Å². The van der Waals surface area contributed by atoms with Gasteiger partial charge < -0.3 is 14.8 Å².